The van der Waals surface area contributed by atoms with Gasteiger partial charge in [-0.15, -0.1) is 0 Å². The van der Waals surface area contributed by atoms with Crippen LogP contribution in [-0.4, -0.2) is 28.5 Å². The first-order valence-electron chi connectivity index (χ1n) is 10.5. The summed E-state index contributed by atoms with van der Waals surface area (Å²) in [6.45, 7) is 6.30. The van der Waals surface area contributed by atoms with Gasteiger partial charge in [-0.25, -0.2) is 4.79 Å². The summed E-state index contributed by atoms with van der Waals surface area (Å²) in [4.78, 5) is 42.1. The van der Waals surface area contributed by atoms with Crippen LogP contribution in [0.2, 0.25) is 0 Å². The van der Waals surface area contributed by atoms with Crippen LogP contribution in [0.25, 0.3) is 0 Å². The number of aromatic nitrogens is 2. The van der Waals surface area contributed by atoms with E-state index in [1.807, 2.05) is 75.4 Å². The summed E-state index contributed by atoms with van der Waals surface area (Å²) in [7, 11) is 0. The van der Waals surface area contributed by atoms with E-state index in [1.165, 1.54) is 9.47 Å². The number of aromatic amines is 1. The molecule has 1 amide bonds. The Bertz CT molecular complexity index is 1200. The Morgan fingerprint density at radius 1 is 1.12 bits per heavy atom. The van der Waals surface area contributed by atoms with Crippen LogP contribution in [0.3, 0.4) is 0 Å². The second-order valence-electron chi connectivity index (χ2n) is 8.19. The molecule has 0 saturated heterocycles. The Morgan fingerprint density at radius 2 is 1.84 bits per heavy atom. The van der Waals surface area contributed by atoms with Gasteiger partial charge in [0.1, 0.15) is 5.82 Å². The molecule has 2 aromatic carbocycles. The number of carbonyl (C=O) groups excluding carboxylic acids is 1. The molecule has 0 aliphatic rings. The first-order valence-corrected chi connectivity index (χ1v) is 10.5. The number of anilines is 3. The number of hydrogen-bond donors (Lipinski definition) is 3. The third-order valence-electron chi connectivity index (χ3n) is 4.98. The molecule has 0 bridgehead atoms. The van der Waals surface area contributed by atoms with Gasteiger partial charge in [0.05, 0.1) is 13.1 Å². The fourth-order valence-corrected chi connectivity index (χ4v) is 3.47. The molecule has 0 aliphatic heterocycles. The molecule has 0 radical (unpaired) electrons. The highest BCUT2D eigenvalue weighted by molar-refractivity contribution is 5.98. The lowest BCUT2D eigenvalue weighted by molar-refractivity contribution is -0.117. The zero-order valence-corrected chi connectivity index (χ0v) is 18.6. The van der Waals surface area contributed by atoms with E-state index in [0.717, 1.165) is 16.8 Å². The number of rotatable bonds is 8. The van der Waals surface area contributed by atoms with Crippen LogP contribution in [0.5, 0.6) is 0 Å². The molecule has 0 spiro atoms. The van der Waals surface area contributed by atoms with Gasteiger partial charge in [0.2, 0.25) is 5.91 Å². The molecular weight excluding hydrogens is 406 g/mol. The molecule has 168 valence electrons. The van der Waals surface area contributed by atoms with E-state index in [2.05, 4.69) is 10.3 Å². The first kappa shape index (κ1) is 22.9. The summed E-state index contributed by atoms with van der Waals surface area (Å²) < 4.78 is 1.28. The van der Waals surface area contributed by atoms with Gasteiger partial charge in [-0.1, -0.05) is 56.3 Å². The number of amides is 1. The average Bonchev–Trinajstić information content (AvgIpc) is 2.74. The van der Waals surface area contributed by atoms with E-state index >= 15 is 0 Å². The maximum atomic E-state index is 13.2. The second-order valence-corrected chi connectivity index (χ2v) is 8.19. The molecule has 0 unspecified atom stereocenters. The Kier molecular flexibility index (Phi) is 7.14. The van der Waals surface area contributed by atoms with Crippen LogP contribution in [0.1, 0.15) is 25.0 Å². The number of nitrogens with one attached hydrogen (secondary N) is 2. The lowest BCUT2D eigenvalue weighted by Gasteiger charge is -2.26. The standard InChI is InChI=1S/C24H29N5O3/c1-16(2)14-28(20(30)13-26-19-11-7-8-17(3)12-19)21-22(25)29(24(32)27-23(21)31)15-18-9-5-4-6-10-18/h4-12,16,26H,13-15,25H2,1-3H3,(H,27,31,32). The van der Waals surface area contributed by atoms with E-state index in [0.29, 0.717) is 0 Å². The lowest BCUT2D eigenvalue weighted by atomic mass is 10.2. The van der Waals surface area contributed by atoms with Crippen LogP contribution < -0.4 is 27.2 Å². The Labute approximate surface area is 186 Å². The number of nitrogen functional groups attached to an aromatic ring is 1. The van der Waals surface area contributed by atoms with Crippen LogP contribution in [-0.2, 0) is 11.3 Å². The van der Waals surface area contributed by atoms with E-state index in [4.69, 9.17) is 5.73 Å². The minimum Gasteiger partial charge on any atom is -0.383 e. The van der Waals surface area contributed by atoms with Crippen LogP contribution >= 0.6 is 0 Å². The van der Waals surface area contributed by atoms with Crippen LogP contribution in [0.15, 0.2) is 64.2 Å². The van der Waals surface area contributed by atoms with Crippen molar-refractivity contribution >= 4 is 23.1 Å². The summed E-state index contributed by atoms with van der Waals surface area (Å²) in [5, 5.41) is 3.10. The molecule has 32 heavy (non-hydrogen) atoms. The van der Waals surface area contributed by atoms with Crippen LogP contribution in [0.4, 0.5) is 17.2 Å². The molecule has 3 aromatic rings. The van der Waals surface area contributed by atoms with Crippen molar-refractivity contribution in [2.45, 2.75) is 27.3 Å². The summed E-state index contributed by atoms with van der Waals surface area (Å²) >= 11 is 0. The lowest BCUT2D eigenvalue weighted by Crippen LogP contribution is -2.44. The van der Waals surface area contributed by atoms with Gasteiger partial charge in [-0.05, 0) is 36.1 Å². The number of aryl methyl sites for hydroxylation is 1. The monoisotopic (exact) mass is 435 g/mol. The summed E-state index contributed by atoms with van der Waals surface area (Å²) in [6.07, 6.45) is 0. The van der Waals surface area contributed by atoms with Crippen molar-refractivity contribution in [3.63, 3.8) is 0 Å². The highest BCUT2D eigenvalue weighted by atomic mass is 16.2. The van der Waals surface area contributed by atoms with Crippen molar-refractivity contribution in [2.75, 3.05) is 29.0 Å². The second kappa shape index (κ2) is 10.00. The summed E-state index contributed by atoms with van der Waals surface area (Å²) in [6, 6.07) is 17.0. The predicted octanol–water partition coefficient (Wildman–Crippen LogP) is 2.58. The van der Waals surface area contributed by atoms with Gasteiger partial charge in [0.15, 0.2) is 5.69 Å². The maximum absolute atomic E-state index is 13.2. The van der Waals surface area contributed by atoms with Crippen molar-refractivity contribution in [3.8, 4) is 0 Å². The van der Waals surface area contributed by atoms with E-state index in [-0.39, 0.29) is 43.0 Å². The van der Waals surface area contributed by atoms with Gasteiger partial charge in [-0.3, -0.25) is 19.1 Å². The topological polar surface area (TPSA) is 113 Å². The molecule has 1 aromatic heterocycles. The van der Waals surface area contributed by atoms with Gasteiger partial charge in [-0.2, -0.15) is 0 Å². The molecule has 0 atom stereocenters. The normalized spacial score (nSPS) is 10.9. The van der Waals surface area contributed by atoms with Gasteiger partial charge < -0.3 is 16.0 Å². The number of carbonyl (C=O) groups is 1. The van der Waals surface area contributed by atoms with Crippen LogP contribution in [0, 0.1) is 12.8 Å². The smallest absolute Gasteiger partial charge is 0.330 e. The fourth-order valence-electron chi connectivity index (χ4n) is 3.47. The SMILES string of the molecule is Cc1cccc(NCC(=O)N(CC(C)C)c2c(N)n(Cc3ccccc3)c(=O)[nH]c2=O)c1. The van der Waals surface area contributed by atoms with Crippen molar-refractivity contribution < 1.29 is 4.79 Å². The Morgan fingerprint density at radius 3 is 2.50 bits per heavy atom. The minimum atomic E-state index is -0.679. The predicted molar refractivity (Wildman–Crippen MR) is 128 cm³/mol. The summed E-state index contributed by atoms with van der Waals surface area (Å²) in [5.41, 5.74) is 7.72. The minimum absolute atomic E-state index is 0.00901. The Balaban J connectivity index is 1.95. The third kappa shape index (κ3) is 5.46. The summed E-state index contributed by atoms with van der Waals surface area (Å²) in [5.74, 6) is -0.277. The van der Waals surface area contributed by atoms with E-state index in [1.54, 1.807) is 0 Å². The van der Waals surface area contributed by atoms with E-state index in [9.17, 15) is 14.4 Å². The molecule has 1 heterocycles. The number of H-pyrrole nitrogens is 1. The number of benzene rings is 2. The number of nitrogens with zero attached hydrogens (tertiary/aromatic N) is 2. The molecule has 0 saturated carbocycles. The zero-order chi connectivity index (χ0) is 23.3. The molecule has 4 N–H and O–H groups in total. The molecule has 8 heteroatoms. The van der Waals surface area contributed by atoms with Crippen molar-refractivity contribution in [1.29, 1.82) is 0 Å². The Hall–Kier alpha value is -3.81. The number of hydrogen-bond acceptors (Lipinski definition) is 5. The zero-order valence-electron chi connectivity index (χ0n) is 18.6. The number of nitrogens with two attached hydrogens (primary N) is 1. The molecule has 0 aliphatic carbocycles. The highest BCUT2D eigenvalue weighted by Gasteiger charge is 2.25. The van der Waals surface area contributed by atoms with Gasteiger partial charge in [0, 0.05) is 12.2 Å². The van der Waals surface area contributed by atoms with Crippen molar-refractivity contribution in [1.82, 2.24) is 9.55 Å². The van der Waals surface area contributed by atoms with Crippen molar-refractivity contribution in [2.24, 2.45) is 5.92 Å². The van der Waals surface area contributed by atoms with Gasteiger partial charge in [0.25, 0.3) is 5.56 Å². The van der Waals surface area contributed by atoms with Gasteiger partial charge >= 0.3 is 5.69 Å². The average molecular weight is 436 g/mol. The highest BCUT2D eigenvalue weighted by Crippen LogP contribution is 2.20. The van der Waals surface area contributed by atoms with Crippen molar-refractivity contribution in [3.05, 3.63) is 86.6 Å². The third-order valence-corrected chi connectivity index (χ3v) is 4.98. The quantitative estimate of drug-likeness (QED) is 0.503. The first-order chi connectivity index (χ1) is 15.3. The largest absolute Gasteiger partial charge is 0.383 e. The molecule has 3 rings (SSSR count). The maximum Gasteiger partial charge on any atom is 0.330 e. The molecule has 8 nitrogen and oxygen atoms in total. The van der Waals surface area contributed by atoms with E-state index < -0.39 is 11.2 Å². The molecular formula is C24H29N5O3. The fraction of sp³-hybridized carbons (Fsp3) is 0.292. The molecule has 0 fully saturated rings.